The number of aliphatic hydroxyl groups is 1. The summed E-state index contributed by atoms with van der Waals surface area (Å²) in [5, 5.41) is 24.5. The Kier molecular flexibility index (Phi) is 11.2. The second kappa shape index (κ2) is 13.8. The molecule has 3 aromatic carbocycles. The van der Waals surface area contributed by atoms with Gasteiger partial charge in [-0.1, -0.05) is 133 Å². The number of rotatable bonds is 8. The number of phenolic OH excluding ortho intramolecular Hbond substituents is 1. The molecule has 0 amide bonds. The van der Waals surface area contributed by atoms with Crippen molar-refractivity contribution in [2.75, 3.05) is 7.11 Å². The molecule has 0 heterocycles. The summed E-state index contributed by atoms with van der Waals surface area (Å²) in [6, 6.07) is 17.1. The first-order chi connectivity index (χ1) is 21.8. The molecule has 2 N–H and O–H groups in total. The lowest BCUT2D eigenvalue weighted by atomic mass is 9.70. The van der Waals surface area contributed by atoms with Gasteiger partial charge in [0.05, 0.1) is 18.7 Å². The van der Waals surface area contributed by atoms with Crippen LogP contribution in [0.5, 0.6) is 5.75 Å². The van der Waals surface area contributed by atoms with Crippen molar-refractivity contribution in [3.8, 4) is 5.75 Å². The quantitative estimate of drug-likeness (QED) is 0.187. The van der Waals surface area contributed by atoms with E-state index in [1.165, 1.54) is 19.2 Å². The van der Waals surface area contributed by atoms with E-state index in [0.29, 0.717) is 17.5 Å². The molecule has 3 rings (SSSR count). The average molecular weight is 656 g/mol. The molecule has 5 heteroatoms. The van der Waals surface area contributed by atoms with Crippen LogP contribution in [0.15, 0.2) is 59.6 Å². The van der Waals surface area contributed by atoms with Gasteiger partial charge in [-0.25, -0.2) is 4.79 Å². The summed E-state index contributed by atoms with van der Waals surface area (Å²) < 4.78 is 4.93. The Hall–Kier alpha value is -3.44. The third-order valence-electron chi connectivity index (χ3n) is 9.23. The molecule has 0 fully saturated rings. The summed E-state index contributed by atoms with van der Waals surface area (Å²) in [5.41, 5.74) is 4.62. The SMILES string of the molecule is COC(=O)c1ccc(O)c(C=NC(CC(C)C)C(O)(c2cc(C(C)(C)C)cc(C(C)(C)C)c2)c2cc(C(C)(C)C)cc(C(C)(C)C)c2)c1. The highest BCUT2D eigenvalue weighted by atomic mass is 16.5. The van der Waals surface area contributed by atoms with E-state index in [1.807, 2.05) is 0 Å². The number of ether oxygens (including phenoxy) is 1. The van der Waals surface area contributed by atoms with Crippen molar-refractivity contribution in [2.45, 2.75) is 137 Å². The normalized spacial score (nSPS) is 14.1. The van der Waals surface area contributed by atoms with E-state index in [0.717, 1.165) is 33.4 Å². The molecule has 262 valence electrons. The zero-order chi connectivity index (χ0) is 36.6. The van der Waals surface area contributed by atoms with Gasteiger partial charge >= 0.3 is 5.97 Å². The minimum atomic E-state index is -1.54. The molecule has 0 aliphatic rings. The maximum Gasteiger partial charge on any atom is 0.337 e. The molecular weight excluding hydrogens is 594 g/mol. The topological polar surface area (TPSA) is 79.1 Å². The molecule has 0 radical (unpaired) electrons. The molecule has 0 aromatic heterocycles. The third-order valence-corrected chi connectivity index (χ3v) is 9.23. The van der Waals surface area contributed by atoms with Crippen LogP contribution in [0.2, 0.25) is 0 Å². The van der Waals surface area contributed by atoms with Gasteiger partial charge in [0.15, 0.2) is 0 Å². The smallest absolute Gasteiger partial charge is 0.337 e. The Bertz CT molecular complexity index is 1500. The molecule has 0 saturated carbocycles. The number of esters is 1. The predicted octanol–water partition coefficient (Wildman–Crippen LogP) is 10.1. The fourth-order valence-corrected chi connectivity index (χ4v) is 5.84. The maximum atomic E-state index is 13.7. The first-order valence-corrected chi connectivity index (χ1v) is 17.3. The number of carbonyl (C=O) groups is 1. The molecule has 0 saturated heterocycles. The minimum Gasteiger partial charge on any atom is -0.507 e. The van der Waals surface area contributed by atoms with Crippen molar-refractivity contribution in [1.82, 2.24) is 0 Å². The predicted molar refractivity (Wildman–Crippen MR) is 201 cm³/mol. The highest BCUT2D eigenvalue weighted by Crippen LogP contribution is 2.44. The zero-order valence-corrected chi connectivity index (χ0v) is 32.3. The standard InChI is InChI=1S/C43H61NO4/c1-27(2)18-37(44-26-29-19-28(38(46)48-15)16-17-36(29)45)43(47,34-22-30(39(3,4)5)20-31(23-34)40(6,7)8)35-24-32(41(9,10)11)21-33(25-35)42(12,13)14/h16-17,19-27,37,45,47H,18H2,1-15H3. The monoisotopic (exact) mass is 655 g/mol. The van der Waals surface area contributed by atoms with Gasteiger partial charge in [-0.05, 0) is 85.6 Å². The number of aromatic hydroxyl groups is 1. The van der Waals surface area contributed by atoms with E-state index in [9.17, 15) is 15.0 Å². The van der Waals surface area contributed by atoms with Crippen LogP contribution in [0.1, 0.15) is 153 Å². The van der Waals surface area contributed by atoms with Gasteiger partial charge in [-0.2, -0.15) is 0 Å². The zero-order valence-electron chi connectivity index (χ0n) is 32.3. The highest BCUT2D eigenvalue weighted by Gasteiger charge is 2.43. The molecule has 1 unspecified atom stereocenters. The lowest BCUT2D eigenvalue weighted by Crippen LogP contribution is -2.42. The Labute approximate surface area is 290 Å². The summed E-state index contributed by atoms with van der Waals surface area (Å²) in [4.78, 5) is 17.5. The number of carbonyl (C=O) groups excluding carboxylic acids is 1. The molecule has 1 atom stereocenters. The summed E-state index contributed by atoms with van der Waals surface area (Å²) in [5.74, 6) is -0.315. The number of benzene rings is 3. The number of aliphatic imine (C=N–C) groups is 1. The van der Waals surface area contributed by atoms with Crippen molar-refractivity contribution in [1.29, 1.82) is 0 Å². The van der Waals surface area contributed by atoms with Crippen LogP contribution in [0, 0.1) is 5.92 Å². The van der Waals surface area contributed by atoms with Crippen LogP contribution >= 0.6 is 0 Å². The Morgan fingerprint density at radius 3 is 1.40 bits per heavy atom. The number of phenols is 1. The number of methoxy groups -OCH3 is 1. The molecule has 5 nitrogen and oxygen atoms in total. The second-order valence-corrected chi connectivity index (χ2v) is 18.1. The first-order valence-electron chi connectivity index (χ1n) is 17.3. The molecule has 0 aliphatic heterocycles. The first kappa shape index (κ1) is 39.0. The number of hydrogen-bond acceptors (Lipinski definition) is 5. The van der Waals surface area contributed by atoms with E-state index in [-0.39, 0.29) is 33.3 Å². The molecular formula is C43H61NO4. The van der Waals surface area contributed by atoms with Crippen molar-refractivity contribution in [2.24, 2.45) is 10.9 Å². The van der Waals surface area contributed by atoms with E-state index in [1.54, 1.807) is 12.3 Å². The van der Waals surface area contributed by atoms with E-state index in [2.05, 4.69) is 133 Å². The average Bonchev–Trinajstić information content (AvgIpc) is 2.96. The van der Waals surface area contributed by atoms with Crippen LogP contribution < -0.4 is 0 Å². The number of nitrogens with zero attached hydrogens (tertiary/aromatic N) is 1. The van der Waals surface area contributed by atoms with Crippen LogP contribution in [0.25, 0.3) is 0 Å². The van der Waals surface area contributed by atoms with Crippen molar-refractivity contribution >= 4 is 12.2 Å². The third kappa shape index (κ3) is 8.96. The minimum absolute atomic E-state index is 0.00672. The molecule has 0 spiro atoms. The largest absolute Gasteiger partial charge is 0.507 e. The highest BCUT2D eigenvalue weighted by molar-refractivity contribution is 5.93. The van der Waals surface area contributed by atoms with Crippen molar-refractivity contribution in [3.05, 3.63) is 99.1 Å². The molecule has 3 aromatic rings. The summed E-state index contributed by atoms with van der Waals surface area (Å²) >= 11 is 0. The fraction of sp³-hybridized carbons (Fsp3) is 0.535. The van der Waals surface area contributed by atoms with Crippen molar-refractivity contribution in [3.63, 3.8) is 0 Å². The Morgan fingerprint density at radius 2 is 1.06 bits per heavy atom. The van der Waals surface area contributed by atoms with Crippen molar-refractivity contribution < 1.29 is 19.7 Å². The molecule has 0 bridgehead atoms. The van der Waals surface area contributed by atoms with Gasteiger partial charge in [0.2, 0.25) is 0 Å². The summed E-state index contributed by atoms with van der Waals surface area (Å²) in [7, 11) is 1.33. The van der Waals surface area contributed by atoms with Gasteiger partial charge in [0.1, 0.15) is 11.4 Å². The Morgan fingerprint density at radius 1 is 0.688 bits per heavy atom. The molecule has 0 aliphatic carbocycles. The van der Waals surface area contributed by atoms with Gasteiger partial charge in [-0.3, -0.25) is 4.99 Å². The molecule has 48 heavy (non-hydrogen) atoms. The van der Waals surface area contributed by atoms with E-state index in [4.69, 9.17) is 9.73 Å². The van der Waals surface area contributed by atoms with Gasteiger partial charge in [-0.15, -0.1) is 0 Å². The van der Waals surface area contributed by atoms with Crippen LogP contribution in [-0.2, 0) is 32.0 Å². The van der Waals surface area contributed by atoms with E-state index < -0.39 is 17.6 Å². The van der Waals surface area contributed by atoms with Crippen LogP contribution in [0.3, 0.4) is 0 Å². The fourth-order valence-electron chi connectivity index (χ4n) is 5.84. The lowest BCUT2D eigenvalue weighted by Gasteiger charge is -2.39. The summed E-state index contributed by atoms with van der Waals surface area (Å²) in [6.07, 6.45) is 2.16. The van der Waals surface area contributed by atoms with Gasteiger partial charge < -0.3 is 14.9 Å². The summed E-state index contributed by atoms with van der Waals surface area (Å²) in [6.45, 7) is 30.7. The maximum absolute atomic E-state index is 13.7. The van der Waals surface area contributed by atoms with E-state index >= 15 is 0 Å². The Balaban J connectivity index is 2.53. The van der Waals surface area contributed by atoms with Gasteiger partial charge in [0.25, 0.3) is 0 Å². The van der Waals surface area contributed by atoms with Crippen LogP contribution in [0.4, 0.5) is 0 Å². The second-order valence-electron chi connectivity index (χ2n) is 18.1. The van der Waals surface area contributed by atoms with Gasteiger partial charge in [0, 0.05) is 11.8 Å². The number of hydrogen-bond donors (Lipinski definition) is 2. The van der Waals surface area contributed by atoms with Crippen LogP contribution in [-0.4, -0.2) is 35.5 Å². The lowest BCUT2D eigenvalue weighted by molar-refractivity contribution is 0.0448.